The predicted octanol–water partition coefficient (Wildman–Crippen LogP) is 1.80. The maximum Gasteiger partial charge on any atom is 0.333 e. The molecule has 0 saturated heterocycles. The van der Waals surface area contributed by atoms with E-state index < -0.39 is 11.2 Å². The van der Waals surface area contributed by atoms with Crippen LogP contribution in [0.2, 0.25) is 0 Å². The van der Waals surface area contributed by atoms with Gasteiger partial charge in [0.2, 0.25) is 0 Å². The Balaban J connectivity index is 2.87. The van der Waals surface area contributed by atoms with Gasteiger partial charge in [0.25, 0.3) is 5.56 Å². The second kappa shape index (κ2) is 4.97. The second-order valence-electron chi connectivity index (χ2n) is 4.09. The van der Waals surface area contributed by atoms with Crippen molar-refractivity contribution in [1.82, 2.24) is 9.55 Å². The molecule has 1 heterocycles. The molecule has 0 aliphatic heterocycles. The maximum atomic E-state index is 12.2. The molecule has 19 heavy (non-hydrogen) atoms. The van der Waals surface area contributed by atoms with Crippen molar-refractivity contribution in [2.45, 2.75) is 13.8 Å². The van der Waals surface area contributed by atoms with E-state index in [0.29, 0.717) is 5.69 Å². The largest absolute Gasteiger partial charge is 0.333 e. The summed E-state index contributed by atoms with van der Waals surface area (Å²) in [6.07, 6.45) is 1.15. The van der Waals surface area contributed by atoms with Crippen LogP contribution in [0.15, 0.2) is 38.5 Å². The highest BCUT2D eigenvalue weighted by molar-refractivity contribution is 9.10. The monoisotopic (exact) mass is 322 g/mol. The van der Waals surface area contributed by atoms with Gasteiger partial charge in [0.15, 0.2) is 5.78 Å². The number of hydrogen-bond donors (Lipinski definition) is 1. The van der Waals surface area contributed by atoms with Gasteiger partial charge < -0.3 is 4.98 Å². The summed E-state index contributed by atoms with van der Waals surface area (Å²) in [5.74, 6) is -0.386. The van der Waals surface area contributed by atoms with E-state index >= 15 is 0 Å². The van der Waals surface area contributed by atoms with Crippen molar-refractivity contribution in [3.8, 4) is 5.69 Å². The lowest BCUT2D eigenvalue weighted by molar-refractivity contribution is 0.101. The van der Waals surface area contributed by atoms with E-state index in [9.17, 15) is 14.4 Å². The third-order valence-electron chi connectivity index (χ3n) is 2.84. The van der Waals surface area contributed by atoms with Crippen molar-refractivity contribution >= 4 is 21.7 Å². The number of nitrogens with one attached hydrogen (secondary N) is 1. The Morgan fingerprint density at radius 3 is 2.63 bits per heavy atom. The van der Waals surface area contributed by atoms with Crippen molar-refractivity contribution in [1.29, 1.82) is 0 Å². The number of aromatic nitrogens is 2. The normalized spacial score (nSPS) is 10.5. The van der Waals surface area contributed by atoms with Crippen molar-refractivity contribution in [3.05, 3.63) is 60.8 Å². The fourth-order valence-electron chi connectivity index (χ4n) is 1.78. The molecule has 0 bridgehead atoms. The quantitative estimate of drug-likeness (QED) is 0.857. The number of ketones is 1. The molecule has 0 unspecified atom stereocenters. The molecule has 5 nitrogen and oxygen atoms in total. The van der Waals surface area contributed by atoms with Crippen LogP contribution in [-0.2, 0) is 0 Å². The molecule has 0 amide bonds. The van der Waals surface area contributed by atoms with Crippen LogP contribution in [0.3, 0.4) is 0 Å². The third kappa shape index (κ3) is 2.31. The summed E-state index contributed by atoms with van der Waals surface area (Å²) < 4.78 is 1.75. The Morgan fingerprint density at radius 2 is 2.00 bits per heavy atom. The standard InChI is InChI=1S/C13H11BrN2O3/c1-7-10(14)4-3-5-11(7)16-12(18)9(8(2)17)6-15-13(16)19/h3-6H,1-2H3,(H,15,19). The number of benzene rings is 1. The van der Waals surface area contributed by atoms with E-state index in [0.717, 1.165) is 20.8 Å². The summed E-state index contributed by atoms with van der Waals surface area (Å²) in [6.45, 7) is 3.07. The number of rotatable bonds is 2. The van der Waals surface area contributed by atoms with Crippen molar-refractivity contribution in [2.75, 3.05) is 0 Å². The molecule has 98 valence electrons. The first-order valence-electron chi connectivity index (χ1n) is 5.54. The van der Waals surface area contributed by atoms with E-state index in [1.54, 1.807) is 19.1 Å². The first-order valence-corrected chi connectivity index (χ1v) is 6.34. The summed E-state index contributed by atoms with van der Waals surface area (Å²) in [7, 11) is 0. The molecule has 0 fully saturated rings. The third-order valence-corrected chi connectivity index (χ3v) is 3.69. The Labute approximate surface area is 117 Å². The van der Waals surface area contributed by atoms with Crippen LogP contribution in [0.5, 0.6) is 0 Å². The molecule has 1 N–H and O–H groups in total. The Hall–Kier alpha value is -1.95. The molecule has 6 heteroatoms. The van der Waals surface area contributed by atoms with Gasteiger partial charge in [-0.3, -0.25) is 9.59 Å². The molecule has 2 rings (SSSR count). The molecule has 0 spiro atoms. The lowest BCUT2D eigenvalue weighted by atomic mass is 10.2. The summed E-state index contributed by atoms with van der Waals surface area (Å²) in [5.41, 5.74) is -0.0350. The van der Waals surface area contributed by atoms with Gasteiger partial charge in [0.05, 0.1) is 11.3 Å². The molecule has 0 aliphatic rings. The van der Waals surface area contributed by atoms with Gasteiger partial charge in [-0.1, -0.05) is 22.0 Å². The number of aromatic amines is 1. The average molecular weight is 323 g/mol. The number of nitrogens with zero attached hydrogens (tertiary/aromatic N) is 1. The number of hydrogen-bond acceptors (Lipinski definition) is 3. The van der Waals surface area contributed by atoms with Crippen molar-refractivity contribution < 1.29 is 4.79 Å². The highest BCUT2D eigenvalue weighted by Crippen LogP contribution is 2.20. The molecular weight excluding hydrogens is 312 g/mol. The number of halogens is 1. The fraction of sp³-hybridized carbons (Fsp3) is 0.154. The van der Waals surface area contributed by atoms with Gasteiger partial charge in [0.1, 0.15) is 0 Å². The van der Waals surface area contributed by atoms with E-state index in [1.165, 1.54) is 6.92 Å². The topological polar surface area (TPSA) is 71.9 Å². The van der Waals surface area contributed by atoms with Crippen LogP contribution in [0.4, 0.5) is 0 Å². The Morgan fingerprint density at radius 1 is 1.32 bits per heavy atom. The first kappa shape index (κ1) is 13.5. The highest BCUT2D eigenvalue weighted by atomic mass is 79.9. The molecular formula is C13H11BrN2O3. The zero-order chi connectivity index (χ0) is 14.2. The van der Waals surface area contributed by atoms with Crippen LogP contribution >= 0.6 is 15.9 Å². The van der Waals surface area contributed by atoms with E-state index in [-0.39, 0.29) is 11.3 Å². The van der Waals surface area contributed by atoms with Gasteiger partial charge in [-0.15, -0.1) is 0 Å². The lowest BCUT2D eigenvalue weighted by Gasteiger charge is -2.10. The minimum Gasteiger partial charge on any atom is -0.313 e. The highest BCUT2D eigenvalue weighted by Gasteiger charge is 2.14. The maximum absolute atomic E-state index is 12.2. The molecule has 0 radical (unpaired) electrons. The summed E-state index contributed by atoms with van der Waals surface area (Å²) in [6, 6.07) is 5.19. The second-order valence-corrected chi connectivity index (χ2v) is 4.94. The minimum absolute atomic E-state index is 0.0426. The average Bonchev–Trinajstić information content (AvgIpc) is 2.34. The van der Waals surface area contributed by atoms with E-state index in [4.69, 9.17) is 0 Å². The molecule has 0 aliphatic carbocycles. The van der Waals surface area contributed by atoms with E-state index in [2.05, 4.69) is 20.9 Å². The summed E-state index contributed by atoms with van der Waals surface area (Å²) in [4.78, 5) is 37.8. The zero-order valence-electron chi connectivity index (χ0n) is 10.4. The van der Waals surface area contributed by atoms with Gasteiger partial charge in [0, 0.05) is 10.7 Å². The fourth-order valence-corrected chi connectivity index (χ4v) is 2.14. The smallest absolute Gasteiger partial charge is 0.313 e. The van der Waals surface area contributed by atoms with Gasteiger partial charge in [-0.2, -0.15) is 0 Å². The minimum atomic E-state index is -0.613. The number of carbonyl (C=O) groups is 1. The molecule has 1 aromatic carbocycles. The SMILES string of the molecule is CC(=O)c1c[nH]c(=O)n(-c2cccc(Br)c2C)c1=O. The molecule has 0 saturated carbocycles. The number of carbonyl (C=O) groups excluding carboxylic acids is 1. The van der Waals surface area contributed by atoms with Crippen LogP contribution < -0.4 is 11.2 Å². The van der Waals surface area contributed by atoms with Gasteiger partial charge in [-0.25, -0.2) is 9.36 Å². The molecule has 0 atom stereocenters. The van der Waals surface area contributed by atoms with Crippen LogP contribution in [0, 0.1) is 6.92 Å². The summed E-state index contributed by atoms with van der Waals surface area (Å²) >= 11 is 3.35. The molecule has 1 aromatic heterocycles. The number of H-pyrrole nitrogens is 1. The van der Waals surface area contributed by atoms with E-state index in [1.807, 2.05) is 6.07 Å². The van der Waals surface area contributed by atoms with Gasteiger partial charge >= 0.3 is 5.69 Å². The summed E-state index contributed by atoms with van der Waals surface area (Å²) in [5, 5.41) is 0. The van der Waals surface area contributed by atoms with Crippen molar-refractivity contribution in [2.24, 2.45) is 0 Å². The zero-order valence-corrected chi connectivity index (χ0v) is 11.9. The first-order chi connectivity index (χ1) is 8.93. The predicted molar refractivity (Wildman–Crippen MR) is 75.1 cm³/mol. The Bertz CT molecular complexity index is 774. The Kier molecular flexibility index (Phi) is 3.53. The van der Waals surface area contributed by atoms with Crippen molar-refractivity contribution in [3.63, 3.8) is 0 Å². The number of Topliss-reactive ketones (excluding diaryl/α,β-unsaturated/α-hetero) is 1. The van der Waals surface area contributed by atoms with Crippen LogP contribution in [-0.4, -0.2) is 15.3 Å². The molecule has 2 aromatic rings. The van der Waals surface area contributed by atoms with Gasteiger partial charge in [-0.05, 0) is 31.5 Å². The van der Waals surface area contributed by atoms with Crippen LogP contribution in [0.1, 0.15) is 22.8 Å². The lowest BCUT2D eigenvalue weighted by Crippen LogP contribution is -2.36. The van der Waals surface area contributed by atoms with Crippen LogP contribution in [0.25, 0.3) is 5.69 Å².